The van der Waals surface area contributed by atoms with Gasteiger partial charge in [-0.25, -0.2) is 0 Å². The average molecular weight is 189 g/mol. The normalized spacial score (nSPS) is 24.7. The lowest BCUT2D eigenvalue weighted by Crippen LogP contribution is -2.13. The molecule has 2 aliphatic heterocycles. The summed E-state index contributed by atoms with van der Waals surface area (Å²) in [6, 6.07) is 7.07. The van der Waals surface area contributed by atoms with Crippen molar-refractivity contribution in [3.8, 4) is 5.75 Å². The second kappa shape index (κ2) is 3.28. The maximum atomic E-state index is 5.70. The first kappa shape index (κ1) is 8.30. The second-order valence-electron chi connectivity index (χ2n) is 4.08. The summed E-state index contributed by atoms with van der Waals surface area (Å²) in [7, 11) is 0. The van der Waals surface area contributed by atoms with Gasteiger partial charge in [0.25, 0.3) is 0 Å². The van der Waals surface area contributed by atoms with Gasteiger partial charge in [-0.2, -0.15) is 0 Å². The Morgan fingerprint density at radius 2 is 2.36 bits per heavy atom. The molecule has 0 unspecified atom stereocenters. The van der Waals surface area contributed by atoms with Gasteiger partial charge in [-0.1, -0.05) is 18.2 Å². The molecular weight excluding hydrogens is 174 g/mol. The second-order valence-corrected chi connectivity index (χ2v) is 4.08. The van der Waals surface area contributed by atoms with Gasteiger partial charge in [-0.05, 0) is 24.9 Å². The van der Waals surface area contributed by atoms with Crippen molar-refractivity contribution >= 4 is 0 Å². The van der Waals surface area contributed by atoms with E-state index < -0.39 is 0 Å². The van der Waals surface area contributed by atoms with Crippen molar-refractivity contribution in [2.75, 3.05) is 13.2 Å². The number of para-hydroxylation sites is 1. The number of benzene rings is 1. The summed E-state index contributed by atoms with van der Waals surface area (Å²) in [5.41, 5.74) is 2.76. The van der Waals surface area contributed by atoms with Crippen molar-refractivity contribution in [3.05, 3.63) is 29.3 Å². The van der Waals surface area contributed by atoms with Crippen molar-refractivity contribution in [2.24, 2.45) is 0 Å². The standard InChI is InChI=1S/C12H15NO/c1-3-9-6-8-14-12(9)10(4-1)11-5-2-7-13-11/h1,3-4,11,13H,2,5-8H2/t11-/m0/s1. The lowest BCUT2D eigenvalue weighted by molar-refractivity contribution is 0.350. The average Bonchev–Trinajstić information content (AvgIpc) is 2.88. The molecule has 2 aliphatic rings. The molecule has 1 aromatic rings. The molecule has 0 amide bonds. The van der Waals surface area contributed by atoms with Crippen LogP contribution in [0, 0.1) is 0 Å². The summed E-state index contributed by atoms with van der Waals surface area (Å²) in [5, 5.41) is 3.52. The Kier molecular flexibility index (Phi) is 1.95. The van der Waals surface area contributed by atoms with E-state index in [1.165, 1.54) is 24.0 Å². The monoisotopic (exact) mass is 189 g/mol. The maximum absolute atomic E-state index is 5.70. The van der Waals surface area contributed by atoms with E-state index in [1.807, 2.05) is 0 Å². The molecule has 0 saturated carbocycles. The highest BCUT2D eigenvalue weighted by Crippen LogP contribution is 2.36. The zero-order chi connectivity index (χ0) is 9.38. The Morgan fingerprint density at radius 1 is 1.36 bits per heavy atom. The first-order valence-electron chi connectivity index (χ1n) is 5.43. The molecule has 0 aromatic heterocycles. The largest absolute Gasteiger partial charge is 0.493 e. The van der Waals surface area contributed by atoms with Crippen LogP contribution in [0.25, 0.3) is 0 Å². The smallest absolute Gasteiger partial charge is 0.127 e. The third-order valence-corrected chi connectivity index (χ3v) is 3.18. The van der Waals surface area contributed by atoms with Gasteiger partial charge in [0.05, 0.1) is 6.61 Å². The minimum absolute atomic E-state index is 0.531. The lowest BCUT2D eigenvalue weighted by Gasteiger charge is -2.14. The summed E-state index contributed by atoms with van der Waals surface area (Å²) >= 11 is 0. The van der Waals surface area contributed by atoms with Crippen LogP contribution in [-0.2, 0) is 6.42 Å². The molecule has 0 bridgehead atoms. The van der Waals surface area contributed by atoms with E-state index in [4.69, 9.17) is 4.74 Å². The maximum Gasteiger partial charge on any atom is 0.127 e. The molecule has 14 heavy (non-hydrogen) atoms. The molecule has 0 spiro atoms. The van der Waals surface area contributed by atoms with Gasteiger partial charge in [0.15, 0.2) is 0 Å². The number of ether oxygens (including phenoxy) is 1. The predicted molar refractivity (Wildman–Crippen MR) is 55.6 cm³/mol. The number of rotatable bonds is 1. The van der Waals surface area contributed by atoms with E-state index in [9.17, 15) is 0 Å². The highest BCUT2D eigenvalue weighted by molar-refractivity contribution is 5.45. The van der Waals surface area contributed by atoms with E-state index >= 15 is 0 Å². The molecule has 2 heterocycles. The summed E-state index contributed by atoms with van der Waals surface area (Å²) in [5.74, 6) is 1.16. The van der Waals surface area contributed by atoms with E-state index in [0.29, 0.717) is 6.04 Å². The summed E-state index contributed by atoms with van der Waals surface area (Å²) < 4.78 is 5.70. The summed E-state index contributed by atoms with van der Waals surface area (Å²) in [4.78, 5) is 0. The Morgan fingerprint density at radius 3 is 3.21 bits per heavy atom. The fraction of sp³-hybridized carbons (Fsp3) is 0.500. The molecule has 1 N–H and O–H groups in total. The minimum Gasteiger partial charge on any atom is -0.493 e. The van der Waals surface area contributed by atoms with Gasteiger partial charge >= 0.3 is 0 Å². The highest BCUT2D eigenvalue weighted by atomic mass is 16.5. The van der Waals surface area contributed by atoms with Gasteiger partial charge in [-0.3, -0.25) is 0 Å². The van der Waals surface area contributed by atoms with Crippen LogP contribution in [0.5, 0.6) is 5.75 Å². The third kappa shape index (κ3) is 1.22. The minimum atomic E-state index is 0.531. The van der Waals surface area contributed by atoms with Crippen LogP contribution in [0.3, 0.4) is 0 Å². The van der Waals surface area contributed by atoms with Crippen molar-refractivity contribution < 1.29 is 4.74 Å². The fourth-order valence-electron chi connectivity index (χ4n) is 2.47. The van der Waals surface area contributed by atoms with Gasteiger partial charge < -0.3 is 10.1 Å². The van der Waals surface area contributed by atoms with Crippen molar-refractivity contribution in [1.29, 1.82) is 0 Å². The first-order valence-corrected chi connectivity index (χ1v) is 5.43. The predicted octanol–water partition coefficient (Wildman–Crippen LogP) is 2.05. The van der Waals surface area contributed by atoms with E-state index in [0.717, 1.165) is 25.3 Å². The topological polar surface area (TPSA) is 21.3 Å². The molecule has 74 valence electrons. The Bertz CT molecular complexity index is 342. The number of nitrogens with one attached hydrogen (secondary N) is 1. The van der Waals surface area contributed by atoms with Gasteiger partial charge in [0.1, 0.15) is 5.75 Å². The number of hydrogen-bond donors (Lipinski definition) is 1. The van der Waals surface area contributed by atoms with Crippen LogP contribution in [0.4, 0.5) is 0 Å². The number of fused-ring (bicyclic) bond motifs is 1. The number of hydrogen-bond acceptors (Lipinski definition) is 2. The first-order chi connectivity index (χ1) is 6.95. The summed E-state index contributed by atoms with van der Waals surface area (Å²) in [6.45, 7) is 2.01. The van der Waals surface area contributed by atoms with Crippen molar-refractivity contribution in [3.63, 3.8) is 0 Å². The summed E-state index contributed by atoms with van der Waals surface area (Å²) in [6.07, 6.45) is 3.62. The zero-order valence-electron chi connectivity index (χ0n) is 8.25. The zero-order valence-corrected chi connectivity index (χ0v) is 8.25. The van der Waals surface area contributed by atoms with Crippen molar-refractivity contribution in [2.45, 2.75) is 25.3 Å². The molecule has 2 nitrogen and oxygen atoms in total. The molecule has 0 aliphatic carbocycles. The molecule has 2 heteroatoms. The quantitative estimate of drug-likeness (QED) is 0.730. The molecule has 1 fully saturated rings. The highest BCUT2D eigenvalue weighted by Gasteiger charge is 2.23. The van der Waals surface area contributed by atoms with E-state index in [-0.39, 0.29) is 0 Å². The molecule has 1 saturated heterocycles. The molecule has 3 rings (SSSR count). The molecule has 1 atom stereocenters. The van der Waals surface area contributed by atoms with E-state index in [1.54, 1.807) is 0 Å². The van der Waals surface area contributed by atoms with Gasteiger partial charge in [0.2, 0.25) is 0 Å². The van der Waals surface area contributed by atoms with Crippen LogP contribution in [0.1, 0.15) is 30.0 Å². The van der Waals surface area contributed by atoms with Gasteiger partial charge in [0, 0.05) is 18.0 Å². The molecule has 0 radical (unpaired) electrons. The van der Waals surface area contributed by atoms with Crippen molar-refractivity contribution in [1.82, 2.24) is 5.32 Å². The Balaban J connectivity index is 2.00. The fourth-order valence-corrected chi connectivity index (χ4v) is 2.47. The van der Waals surface area contributed by atoms with Gasteiger partial charge in [-0.15, -0.1) is 0 Å². The van der Waals surface area contributed by atoms with Crippen LogP contribution in [-0.4, -0.2) is 13.2 Å². The van der Waals surface area contributed by atoms with E-state index in [2.05, 4.69) is 23.5 Å². The SMILES string of the molecule is c1cc2c(c([C@@H]3CCCN3)c1)OCC2. The Hall–Kier alpha value is -1.02. The lowest BCUT2D eigenvalue weighted by atomic mass is 10.0. The van der Waals surface area contributed by atoms with Crippen LogP contribution >= 0.6 is 0 Å². The Labute approximate surface area is 84.3 Å². The van der Waals surface area contributed by atoms with Crippen LogP contribution < -0.4 is 10.1 Å². The van der Waals surface area contributed by atoms with Crippen LogP contribution in [0.15, 0.2) is 18.2 Å². The molecule has 1 aromatic carbocycles. The van der Waals surface area contributed by atoms with Crippen LogP contribution in [0.2, 0.25) is 0 Å². The molecular formula is C12H15NO. The third-order valence-electron chi connectivity index (χ3n) is 3.18.